The van der Waals surface area contributed by atoms with Gasteiger partial charge in [-0.25, -0.2) is 14.4 Å². The maximum absolute atomic E-state index is 14.7. The minimum absolute atomic E-state index is 0.00363. The van der Waals surface area contributed by atoms with E-state index >= 15 is 0 Å². The van der Waals surface area contributed by atoms with E-state index in [9.17, 15) is 43.2 Å². The number of ketones is 2. The maximum Gasteiger partial charge on any atom is 0.415 e. The molecule has 0 radical (unpaired) electrons. The summed E-state index contributed by atoms with van der Waals surface area (Å²) in [5, 5.41) is 22.6. The van der Waals surface area contributed by atoms with Gasteiger partial charge in [-0.1, -0.05) is 280 Å². The number of Topliss-reactive ketones (excluding diaryl/α,β-unsaturated/α-hetero) is 2. The van der Waals surface area contributed by atoms with Crippen LogP contribution in [-0.4, -0.2) is 221 Å². The molecule has 25 nitrogen and oxygen atoms in total. The molecular formula is C117H150Cl2N12O13S2. The number of likely N-dealkylation sites (tertiary alicyclic amines) is 1. The Bertz CT molecular complexity index is 5720. The summed E-state index contributed by atoms with van der Waals surface area (Å²) in [7, 11) is 1.67. The van der Waals surface area contributed by atoms with Gasteiger partial charge in [-0.05, 0) is 201 Å². The van der Waals surface area contributed by atoms with Crippen LogP contribution < -0.4 is 45.9 Å². The molecule has 9 fully saturated rings. The van der Waals surface area contributed by atoms with E-state index in [4.69, 9.17) is 47.9 Å². The van der Waals surface area contributed by atoms with Crippen molar-refractivity contribution in [2.24, 2.45) is 23.5 Å². The van der Waals surface area contributed by atoms with Crippen molar-refractivity contribution in [3.05, 3.63) is 223 Å². The molecule has 6 N–H and O–H groups in total. The summed E-state index contributed by atoms with van der Waals surface area (Å²) in [4.78, 5) is 141. The van der Waals surface area contributed by atoms with Crippen LogP contribution in [0.2, 0.25) is 10.0 Å². The Morgan fingerprint density at radius 2 is 0.890 bits per heavy atom. The number of ether oxygens (including phenoxy) is 4. The number of aryl methyl sites for hydroxylation is 3. The molecule has 18 rings (SSSR count). The molecule has 4 saturated heterocycles. The van der Waals surface area contributed by atoms with Crippen LogP contribution >= 0.6 is 45.9 Å². The molecule has 6 heterocycles. The minimum atomic E-state index is -0.848. The van der Waals surface area contributed by atoms with Crippen molar-refractivity contribution in [1.82, 2.24) is 55.6 Å². The van der Waals surface area contributed by atoms with Crippen molar-refractivity contribution in [2.75, 3.05) is 79.1 Å². The Labute approximate surface area is 880 Å². The van der Waals surface area contributed by atoms with Gasteiger partial charge < -0.3 is 75.3 Å². The largest absolute Gasteiger partial charge is 0.496 e. The Kier molecular flexibility index (Phi) is 40.6. The van der Waals surface area contributed by atoms with Crippen LogP contribution in [0.1, 0.15) is 238 Å². The third kappa shape index (κ3) is 29.7. The minimum Gasteiger partial charge on any atom is -0.496 e. The van der Waals surface area contributed by atoms with Crippen LogP contribution in [0.15, 0.2) is 181 Å². The number of hydrogen-bond donors (Lipinski definition) is 5. The molecule has 146 heavy (non-hydrogen) atoms. The van der Waals surface area contributed by atoms with Gasteiger partial charge in [-0.15, -0.1) is 22.7 Å². The summed E-state index contributed by atoms with van der Waals surface area (Å²) in [6, 6.07) is 51.7. The molecule has 7 amide bonds. The SMILES string of the molecule is CCc1ccc(CCC(=O)[C@@H]2CN(C(=O)Oc3ccc4ccccc4c3Cl)CCN2C(=O)[C@@H](CC2CCCCC2)NC2CCCCC2)cc1OC.NCc1ccc(OC(=O)N2CCN(C(=O)[C@@H](CC3CCCCC3)NC3CCCCC3)[C@H](C(=O)CCc3cccs3)C2)c2ccccc12.O=C(NCc1cccs1)[C@@H]1CN(C(=O)Oc2ccccc2Cl)CCN1C(=O)[C@H](NC1CCCCC1)C1CCN(Cc2ccccc2)CC1. The summed E-state index contributed by atoms with van der Waals surface area (Å²) in [6.07, 6.45) is 33.6. The molecule has 0 spiro atoms. The highest BCUT2D eigenvalue weighted by Gasteiger charge is 2.47. The second-order valence-corrected chi connectivity index (χ2v) is 44.4. The quantitative estimate of drug-likeness (QED) is 0.0255. The van der Waals surface area contributed by atoms with Crippen LogP contribution in [0.5, 0.6) is 23.0 Å². The van der Waals surface area contributed by atoms with E-state index in [0.717, 1.165) is 170 Å². The number of nitrogens with one attached hydrogen (secondary N) is 4. The fourth-order valence-corrected chi connectivity index (χ4v) is 25.3. The Hall–Kier alpha value is -10.3. The number of amides is 7. The molecular weight excluding hydrogens is 1920 g/mol. The number of rotatable bonds is 33. The van der Waals surface area contributed by atoms with E-state index in [2.05, 4.69) is 63.4 Å². The average molecular weight is 2070 g/mol. The number of nitrogens with zero attached hydrogens (tertiary/aromatic N) is 7. The number of hydrogen-bond acceptors (Lipinski definition) is 20. The van der Waals surface area contributed by atoms with Gasteiger partial charge in [-0.2, -0.15) is 0 Å². The van der Waals surface area contributed by atoms with Gasteiger partial charge in [0.15, 0.2) is 23.1 Å². The van der Waals surface area contributed by atoms with Crippen molar-refractivity contribution in [2.45, 2.75) is 299 Å². The predicted octanol–water partition coefficient (Wildman–Crippen LogP) is 21.3. The lowest BCUT2D eigenvalue weighted by Gasteiger charge is -2.44. The van der Waals surface area contributed by atoms with Crippen LogP contribution in [0.3, 0.4) is 0 Å². The van der Waals surface area contributed by atoms with Gasteiger partial charge in [0.2, 0.25) is 23.6 Å². The van der Waals surface area contributed by atoms with Gasteiger partial charge in [0.1, 0.15) is 29.6 Å². The number of benzene rings is 7. The van der Waals surface area contributed by atoms with Crippen molar-refractivity contribution in [3.63, 3.8) is 0 Å². The lowest BCUT2D eigenvalue weighted by atomic mass is 9.83. The molecule has 0 unspecified atom stereocenters. The number of thiophene rings is 2. The fraction of sp³-hybridized carbons (Fsp3) is 0.530. The van der Waals surface area contributed by atoms with Gasteiger partial charge in [0, 0.05) is 104 Å². The number of nitrogens with two attached hydrogens (primary N) is 1. The van der Waals surface area contributed by atoms with Gasteiger partial charge in [0.05, 0.1) is 61.5 Å². The van der Waals surface area contributed by atoms with E-state index in [1.165, 1.54) is 107 Å². The third-order valence-corrected chi connectivity index (χ3v) is 34.3. The first-order valence-electron chi connectivity index (χ1n) is 54.3. The predicted molar refractivity (Wildman–Crippen MR) is 579 cm³/mol. The summed E-state index contributed by atoms with van der Waals surface area (Å²) >= 11 is 16.1. The van der Waals surface area contributed by atoms with Gasteiger partial charge in [-0.3, -0.25) is 33.7 Å². The number of piperazine rings is 3. The van der Waals surface area contributed by atoms with Crippen molar-refractivity contribution < 1.29 is 62.1 Å². The summed E-state index contributed by atoms with van der Waals surface area (Å²) in [6.45, 7) is 7.49. The standard InChI is InChI=1S/C42H54ClN3O5.C38H50N4O4S.C37H46ClN5O4S/c1-3-31-20-18-30(27-39(31)50-2)19-22-37(47)36-28-45(42(49)51-38-23-21-32-14-10-11-17-34(32)40(38)43)24-25-46(36)41(48)35(26-29-12-6-4-7-13-29)44-33-15-8-5-9-16-33;39-25-28-17-20-36(32-16-8-7-15-31(28)32)46-38(45)41-21-22-42(34(26-41)35(43)19-18-30-14-9-23-47-30)37(44)33(24-27-10-3-1-4-11-27)40-29-12-5-2-6-13-29;38-31-15-7-8-16-33(31)47-37(46)42-21-22-43(32(26-42)35(44)39-24-30-14-9-23-48-30)36(45)34(40-29-12-5-2-6-13-29)28-17-19-41(20-18-28)25-27-10-3-1-4-11-27/h10-11,14,17-18,20-21,23,27,29,33,35-36,44H,3-9,12-13,15-16,19,22,24-26,28H2,1-2H3;7-9,14-17,20,23,27,29,33-34,40H,1-6,10-13,18-19,21-22,24-26,39H2;1,3-4,7-11,14-16,23,28-29,32,34,40H,2,5-6,12-13,17-22,24-26H2,(H,39,44)/t35-,36+;33-,34+;32-,34+/m110/s1. The second kappa shape index (κ2) is 54.7. The number of carbonyl (C=O) groups is 9. The monoisotopic (exact) mass is 2070 g/mol. The molecule has 9 aromatic rings. The molecule has 5 saturated carbocycles. The molecule has 6 atom stereocenters. The van der Waals surface area contributed by atoms with E-state index < -0.39 is 36.4 Å². The van der Waals surface area contributed by atoms with Crippen LogP contribution in [0.4, 0.5) is 14.4 Å². The van der Waals surface area contributed by atoms with E-state index in [-0.39, 0.29) is 129 Å². The highest BCUT2D eigenvalue weighted by Crippen LogP contribution is 2.39. The summed E-state index contributed by atoms with van der Waals surface area (Å²) in [5.41, 5.74) is 10.4. The normalized spacial score (nSPS) is 20.0. The Morgan fingerprint density at radius 3 is 1.43 bits per heavy atom. The van der Waals surface area contributed by atoms with Crippen LogP contribution in [0.25, 0.3) is 21.5 Å². The first kappa shape index (κ1) is 108. The first-order valence-corrected chi connectivity index (χ1v) is 56.8. The fourth-order valence-electron chi connectivity index (χ4n) is 23.5. The topological polar surface area (TPSA) is 287 Å². The zero-order valence-electron chi connectivity index (χ0n) is 85.3. The number of methoxy groups -OCH3 is 1. The lowest BCUT2D eigenvalue weighted by molar-refractivity contribution is -0.146. The molecule has 9 aliphatic rings. The molecule has 29 heteroatoms. The molecule has 2 aromatic heterocycles. The van der Waals surface area contributed by atoms with Crippen LogP contribution in [-0.2, 0) is 67.7 Å². The zero-order chi connectivity index (χ0) is 102. The molecule has 0 bridgehead atoms. The van der Waals surface area contributed by atoms with E-state index in [1.807, 2.05) is 114 Å². The number of carbonyl (C=O) groups excluding carboxylic acids is 9. The second-order valence-electron chi connectivity index (χ2n) is 41.6. The molecule has 782 valence electrons. The smallest absolute Gasteiger partial charge is 0.415 e. The van der Waals surface area contributed by atoms with Crippen molar-refractivity contribution >= 4 is 121 Å². The Morgan fingerprint density at radius 1 is 0.418 bits per heavy atom. The number of fused-ring (bicyclic) bond motifs is 2. The van der Waals surface area contributed by atoms with E-state index in [1.54, 1.807) is 90.7 Å². The van der Waals surface area contributed by atoms with Gasteiger partial charge >= 0.3 is 18.3 Å². The summed E-state index contributed by atoms with van der Waals surface area (Å²) in [5.74, 6) is 2.63. The number of halogens is 2. The van der Waals surface area contributed by atoms with E-state index in [0.29, 0.717) is 85.2 Å². The van der Waals surface area contributed by atoms with Crippen molar-refractivity contribution in [3.8, 4) is 23.0 Å². The third-order valence-electron chi connectivity index (χ3n) is 31.8. The number of piperidine rings is 1. The van der Waals surface area contributed by atoms with Crippen molar-refractivity contribution in [1.29, 1.82) is 0 Å². The summed E-state index contributed by atoms with van der Waals surface area (Å²) < 4.78 is 23.1. The number of para-hydroxylation sites is 1. The molecule has 7 aromatic carbocycles. The first-order chi connectivity index (χ1) is 71.3. The van der Waals surface area contributed by atoms with Crippen LogP contribution in [0, 0.1) is 17.8 Å². The molecule has 5 aliphatic carbocycles. The zero-order valence-corrected chi connectivity index (χ0v) is 88.4. The molecule has 4 aliphatic heterocycles. The van der Waals surface area contributed by atoms with Gasteiger partial charge in [0.25, 0.3) is 0 Å². The lowest BCUT2D eigenvalue weighted by Crippen LogP contribution is -2.66. The highest BCUT2D eigenvalue weighted by molar-refractivity contribution is 7.10. The highest BCUT2D eigenvalue weighted by atomic mass is 35.5. The average Bonchev–Trinajstić information content (AvgIpc) is 1.52. The Balaban J connectivity index is 0.000000157. The maximum atomic E-state index is 14.7.